The largest absolute Gasteiger partial charge is 0.347 e. The van der Waals surface area contributed by atoms with Crippen LogP contribution in [0.3, 0.4) is 0 Å². The Kier molecular flexibility index (Phi) is 7.25. The van der Waals surface area contributed by atoms with Crippen molar-refractivity contribution in [2.75, 3.05) is 25.0 Å². The van der Waals surface area contributed by atoms with E-state index in [2.05, 4.69) is 10.6 Å². The molecule has 2 aromatic rings. The van der Waals surface area contributed by atoms with Crippen LogP contribution < -0.4 is 10.6 Å². The molecule has 1 saturated heterocycles. The summed E-state index contributed by atoms with van der Waals surface area (Å²) in [4.78, 5) is 23.9. The molecule has 0 aliphatic carbocycles. The highest BCUT2D eigenvalue weighted by Crippen LogP contribution is 2.26. The molecule has 0 saturated carbocycles. The number of sulfonamides is 1. The number of halogens is 2. The summed E-state index contributed by atoms with van der Waals surface area (Å²) in [6.45, 7) is 3.60. The first-order chi connectivity index (χ1) is 15.1. The number of nitrogens with one attached hydrogen (secondary N) is 2. The number of carbonyl (C=O) groups excluding carboxylic acids is 2. The smallest absolute Gasteiger partial charge is 0.246 e. The Bertz CT molecular complexity index is 1130. The minimum absolute atomic E-state index is 0.00887. The Hall–Kier alpha value is -2.85. The Balaban J connectivity index is 1.52. The molecular formula is C22H25F2N3O4S. The number of hydrogen-bond acceptors (Lipinski definition) is 4. The number of anilines is 1. The summed E-state index contributed by atoms with van der Waals surface area (Å²) in [7, 11) is -4.21. The van der Waals surface area contributed by atoms with E-state index >= 15 is 0 Å². The molecule has 10 heteroatoms. The lowest BCUT2D eigenvalue weighted by molar-refractivity contribution is -0.128. The van der Waals surface area contributed by atoms with Gasteiger partial charge in [0.2, 0.25) is 21.8 Å². The van der Waals surface area contributed by atoms with Gasteiger partial charge in [-0.1, -0.05) is 12.1 Å². The van der Waals surface area contributed by atoms with Crippen molar-refractivity contribution >= 4 is 27.5 Å². The van der Waals surface area contributed by atoms with Crippen LogP contribution in [-0.4, -0.2) is 44.2 Å². The highest BCUT2D eigenvalue weighted by molar-refractivity contribution is 7.89. The van der Waals surface area contributed by atoms with Crippen molar-refractivity contribution in [3.8, 4) is 0 Å². The van der Waals surface area contributed by atoms with Crippen LogP contribution >= 0.6 is 0 Å². The molecule has 0 aromatic heterocycles. The Morgan fingerprint density at radius 3 is 2.47 bits per heavy atom. The van der Waals surface area contributed by atoms with Crippen LogP contribution in [-0.2, 0) is 19.6 Å². The molecular weight excluding hydrogens is 440 g/mol. The third-order valence-electron chi connectivity index (χ3n) is 5.64. The van der Waals surface area contributed by atoms with Crippen LogP contribution in [0.5, 0.6) is 0 Å². The topological polar surface area (TPSA) is 95.6 Å². The molecule has 2 amide bonds. The quantitative estimate of drug-likeness (QED) is 0.686. The number of nitrogens with zero attached hydrogens (tertiary/aromatic N) is 1. The average Bonchev–Trinajstić information content (AvgIpc) is 2.77. The zero-order chi connectivity index (χ0) is 23.5. The average molecular weight is 466 g/mol. The second-order valence-corrected chi connectivity index (χ2v) is 9.67. The molecule has 32 heavy (non-hydrogen) atoms. The van der Waals surface area contributed by atoms with Gasteiger partial charge in [0.25, 0.3) is 0 Å². The van der Waals surface area contributed by atoms with Crippen molar-refractivity contribution in [1.29, 1.82) is 0 Å². The van der Waals surface area contributed by atoms with Crippen molar-refractivity contribution in [3.63, 3.8) is 0 Å². The molecule has 1 fully saturated rings. The maximum atomic E-state index is 13.9. The summed E-state index contributed by atoms with van der Waals surface area (Å²) in [5.74, 6) is -3.07. The summed E-state index contributed by atoms with van der Waals surface area (Å²) in [5, 5.41) is 5.34. The predicted octanol–water partition coefficient (Wildman–Crippen LogP) is 2.74. The molecule has 0 atom stereocenters. The van der Waals surface area contributed by atoms with Gasteiger partial charge in [0.15, 0.2) is 0 Å². The number of carbonyl (C=O) groups is 2. The lowest BCUT2D eigenvalue weighted by atomic mass is 9.97. The van der Waals surface area contributed by atoms with Gasteiger partial charge < -0.3 is 10.6 Å². The Morgan fingerprint density at radius 1 is 1.09 bits per heavy atom. The van der Waals surface area contributed by atoms with Crippen LogP contribution in [0.1, 0.15) is 24.0 Å². The first-order valence-electron chi connectivity index (χ1n) is 10.2. The number of rotatable bonds is 6. The van der Waals surface area contributed by atoms with Gasteiger partial charge in [0, 0.05) is 24.7 Å². The summed E-state index contributed by atoms with van der Waals surface area (Å²) in [6.07, 6.45) is 0.418. The molecule has 1 aliphatic heterocycles. The molecule has 0 spiro atoms. The fourth-order valence-corrected chi connectivity index (χ4v) is 5.11. The molecule has 1 heterocycles. The first kappa shape index (κ1) is 23.8. The van der Waals surface area contributed by atoms with Crippen molar-refractivity contribution in [2.24, 2.45) is 5.92 Å². The Labute approximate surface area is 185 Å². The van der Waals surface area contributed by atoms with Crippen LogP contribution in [0.2, 0.25) is 0 Å². The normalized spacial score (nSPS) is 15.4. The monoisotopic (exact) mass is 465 g/mol. The van der Waals surface area contributed by atoms with E-state index in [1.54, 1.807) is 6.07 Å². The van der Waals surface area contributed by atoms with Gasteiger partial charge in [-0.2, -0.15) is 4.31 Å². The molecule has 2 N–H and O–H groups in total. The van der Waals surface area contributed by atoms with E-state index in [4.69, 9.17) is 0 Å². The lowest BCUT2D eigenvalue weighted by Gasteiger charge is -2.30. The SMILES string of the molecule is Cc1cccc(NC(=O)CNC(=O)C2CCN(S(=O)(=O)c3cc(F)ccc3F)CC2)c1C. The number of piperidine rings is 1. The van der Waals surface area contributed by atoms with Gasteiger partial charge in [-0.05, 0) is 62.1 Å². The zero-order valence-electron chi connectivity index (χ0n) is 17.8. The minimum atomic E-state index is -4.21. The number of aryl methyl sites for hydroxylation is 1. The second-order valence-electron chi connectivity index (χ2n) is 7.77. The maximum Gasteiger partial charge on any atom is 0.246 e. The van der Waals surface area contributed by atoms with E-state index in [9.17, 15) is 26.8 Å². The maximum absolute atomic E-state index is 13.9. The number of hydrogen-bond donors (Lipinski definition) is 2. The molecule has 2 aromatic carbocycles. The second kappa shape index (κ2) is 9.74. The number of benzene rings is 2. The molecule has 3 rings (SSSR count). The summed E-state index contributed by atoms with van der Waals surface area (Å²) < 4.78 is 53.7. The van der Waals surface area contributed by atoms with Crippen LogP contribution in [0, 0.1) is 31.4 Å². The predicted molar refractivity (Wildman–Crippen MR) is 115 cm³/mol. The summed E-state index contributed by atoms with van der Waals surface area (Å²) in [6, 6.07) is 7.81. The van der Waals surface area contributed by atoms with Crippen molar-refractivity contribution in [2.45, 2.75) is 31.6 Å². The fourth-order valence-electron chi connectivity index (χ4n) is 3.56. The standard InChI is InChI=1S/C22H25F2N3O4S/c1-14-4-3-5-19(15(14)2)26-21(28)13-25-22(29)16-8-10-27(11-9-16)32(30,31)20-12-17(23)6-7-18(20)24/h3-7,12,16H,8-11,13H2,1-2H3,(H,25,29)(H,26,28). The van der Waals surface area contributed by atoms with E-state index in [0.717, 1.165) is 27.6 Å². The van der Waals surface area contributed by atoms with Gasteiger partial charge in [-0.25, -0.2) is 17.2 Å². The van der Waals surface area contributed by atoms with Crippen molar-refractivity contribution in [1.82, 2.24) is 9.62 Å². The first-order valence-corrected chi connectivity index (χ1v) is 11.6. The molecule has 7 nitrogen and oxygen atoms in total. The lowest BCUT2D eigenvalue weighted by Crippen LogP contribution is -2.44. The van der Waals surface area contributed by atoms with E-state index in [-0.39, 0.29) is 44.3 Å². The third-order valence-corrected chi connectivity index (χ3v) is 7.55. The fraction of sp³-hybridized carbons (Fsp3) is 0.364. The number of amides is 2. The molecule has 0 bridgehead atoms. The summed E-state index contributed by atoms with van der Waals surface area (Å²) >= 11 is 0. The van der Waals surface area contributed by atoms with Gasteiger partial charge >= 0.3 is 0 Å². The van der Waals surface area contributed by atoms with Gasteiger partial charge in [-0.3, -0.25) is 9.59 Å². The van der Waals surface area contributed by atoms with Crippen LogP contribution in [0.25, 0.3) is 0 Å². The molecule has 1 aliphatic rings. The van der Waals surface area contributed by atoms with E-state index in [1.807, 2.05) is 26.0 Å². The zero-order valence-corrected chi connectivity index (χ0v) is 18.6. The minimum Gasteiger partial charge on any atom is -0.347 e. The van der Waals surface area contributed by atoms with E-state index in [0.29, 0.717) is 11.8 Å². The van der Waals surface area contributed by atoms with Gasteiger partial charge in [0.1, 0.15) is 16.5 Å². The van der Waals surface area contributed by atoms with Crippen LogP contribution in [0.4, 0.5) is 14.5 Å². The van der Waals surface area contributed by atoms with Gasteiger partial charge in [-0.15, -0.1) is 0 Å². The van der Waals surface area contributed by atoms with Crippen molar-refractivity contribution < 1.29 is 26.8 Å². The van der Waals surface area contributed by atoms with Gasteiger partial charge in [0.05, 0.1) is 6.54 Å². The highest BCUT2D eigenvalue weighted by atomic mass is 32.2. The van der Waals surface area contributed by atoms with E-state index < -0.39 is 32.5 Å². The molecule has 0 radical (unpaired) electrons. The molecule has 172 valence electrons. The molecule has 0 unspecified atom stereocenters. The van der Waals surface area contributed by atoms with Crippen LogP contribution in [0.15, 0.2) is 41.3 Å². The Morgan fingerprint density at radius 2 is 1.78 bits per heavy atom. The van der Waals surface area contributed by atoms with Crippen molar-refractivity contribution in [3.05, 3.63) is 59.2 Å². The highest BCUT2D eigenvalue weighted by Gasteiger charge is 2.33. The van der Waals surface area contributed by atoms with E-state index in [1.165, 1.54) is 0 Å². The summed E-state index contributed by atoms with van der Waals surface area (Å²) in [5.41, 5.74) is 2.65. The third kappa shape index (κ3) is 5.31.